The summed E-state index contributed by atoms with van der Waals surface area (Å²) >= 11 is 12.1. The number of aliphatic hydroxyl groups is 6. The molecule has 0 spiro atoms. The van der Waals surface area contributed by atoms with Gasteiger partial charge in [0.2, 0.25) is 0 Å². The molecule has 4 aromatic heterocycles. The highest BCUT2D eigenvalue weighted by atomic mass is 35.5. The number of hydrogen-bond acceptors (Lipinski definition) is 22. The van der Waals surface area contributed by atoms with Gasteiger partial charge in [-0.25, -0.2) is 14.8 Å². The van der Waals surface area contributed by atoms with Gasteiger partial charge >= 0.3 is 5.97 Å². The summed E-state index contributed by atoms with van der Waals surface area (Å²) in [6.45, 7) is 9.56. The zero-order chi connectivity index (χ0) is 69.5. The first kappa shape index (κ1) is 76.5. The molecule has 2 unspecified atom stereocenters. The van der Waals surface area contributed by atoms with E-state index in [1.807, 2.05) is 50.2 Å². The van der Waals surface area contributed by atoms with E-state index in [-0.39, 0.29) is 58.0 Å². The van der Waals surface area contributed by atoms with Crippen LogP contribution in [0.3, 0.4) is 0 Å². The molecule has 0 amide bonds. The molecule has 6 aliphatic heterocycles. The van der Waals surface area contributed by atoms with Crippen LogP contribution in [0.15, 0.2) is 109 Å². The zero-order valence-corrected chi connectivity index (χ0v) is 56.2. The Morgan fingerprint density at radius 1 is 0.590 bits per heavy atom. The molecule has 540 valence electrons. The molecule has 12 N–H and O–H groups in total. The van der Waals surface area contributed by atoms with Crippen LogP contribution in [0.25, 0.3) is 22.1 Å². The molecule has 4 fully saturated rings. The van der Waals surface area contributed by atoms with Gasteiger partial charge in [0.25, 0.3) is 11.6 Å². The predicted octanol–water partition coefficient (Wildman–Crippen LogP) is 5.73. The Morgan fingerprint density at radius 2 is 0.990 bits per heavy atom. The lowest BCUT2D eigenvalue weighted by atomic mass is 9.88. The molecule has 4 aromatic carbocycles. The van der Waals surface area contributed by atoms with Gasteiger partial charge < -0.3 is 94.7 Å². The number of carboxylic acid groups (broad SMARTS) is 2. The number of fused-ring (bicyclic) bond motifs is 4. The van der Waals surface area contributed by atoms with E-state index in [0.717, 1.165) is 146 Å². The lowest BCUT2D eigenvalue weighted by Gasteiger charge is -2.33. The molecule has 26 nitrogen and oxygen atoms in total. The number of aromatic carboxylic acids is 2. The van der Waals surface area contributed by atoms with Crippen molar-refractivity contribution in [2.45, 2.75) is 140 Å². The molecule has 100 heavy (non-hydrogen) atoms. The molecule has 0 aliphatic carbocycles. The van der Waals surface area contributed by atoms with Gasteiger partial charge in [-0.15, -0.1) is 0 Å². The Labute approximate surface area is 590 Å². The lowest BCUT2D eigenvalue weighted by Crippen LogP contribution is -2.78. The van der Waals surface area contributed by atoms with Crippen molar-refractivity contribution in [3.05, 3.63) is 165 Å². The van der Waals surface area contributed by atoms with Crippen LogP contribution in [-0.2, 0) is 47.2 Å². The fourth-order valence-electron chi connectivity index (χ4n) is 12.5. The maximum absolute atomic E-state index is 11.6. The molecular weight excluding hydrogens is 1330 g/mol. The first-order valence-corrected chi connectivity index (χ1v) is 33.5. The third-order valence-electron chi connectivity index (χ3n) is 18.8. The van der Waals surface area contributed by atoms with Crippen molar-refractivity contribution in [3.63, 3.8) is 0 Å². The number of carboxylic acids is 2. The van der Waals surface area contributed by atoms with E-state index in [1.165, 1.54) is 0 Å². The molecule has 4 saturated heterocycles. The number of nitrogens with zero attached hydrogens (tertiary/aromatic N) is 8. The first-order valence-electron chi connectivity index (χ1n) is 32.8. The van der Waals surface area contributed by atoms with Crippen molar-refractivity contribution in [2.24, 2.45) is 5.73 Å². The number of pyridine rings is 2. The number of piperidine rings is 2. The summed E-state index contributed by atoms with van der Waals surface area (Å²) in [5.41, 5.74) is 13.7. The summed E-state index contributed by atoms with van der Waals surface area (Å²) in [6.07, 6.45) is 9.36. The Kier molecular flexibility index (Phi) is 25.3. The summed E-state index contributed by atoms with van der Waals surface area (Å²) in [5, 5.41) is 72.4. The highest BCUT2D eigenvalue weighted by Gasteiger charge is 2.44. The highest BCUT2D eigenvalue weighted by Crippen LogP contribution is 2.51. The van der Waals surface area contributed by atoms with Crippen LogP contribution in [-0.4, -0.2) is 189 Å². The van der Waals surface area contributed by atoms with Crippen LogP contribution in [0, 0.1) is 0 Å². The van der Waals surface area contributed by atoms with Crippen LogP contribution in [0.1, 0.15) is 134 Å². The minimum absolute atomic E-state index is 0. The summed E-state index contributed by atoms with van der Waals surface area (Å²) < 4.78 is 41.1. The molecular formula is C72H92Cl2N10O16. The number of carbonyl (C=O) groups excluding carboxylic acids is 1. The van der Waals surface area contributed by atoms with Gasteiger partial charge in [-0.1, -0.05) is 68.4 Å². The first-order chi connectivity index (χ1) is 47.1. The molecule has 28 heteroatoms. The number of imidazole rings is 2. The van der Waals surface area contributed by atoms with Gasteiger partial charge in [0.1, 0.15) is 42.9 Å². The van der Waals surface area contributed by atoms with E-state index in [0.29, 0.717) is 59.4 Å². The maximum atomic E-state index is 11.6. The predicted molar refractivity (Wildman–Crippen MR) is 371 cm³/mol. The van der Waals surface area contributed by atoms with Crippen LogP contribution in [0.4, 0.5) is 0 Å². The Morgan fingerprint density at radius 3 is 1.31 bits per heavy atom. The lowest BCUT2D eigenvalue weighted by molar-refractivity contribution is -0.494. The number of quaternary nitrogens is 1. The quantitative estimate of drug-likeness (QED) is 0.0439. The van der Waals surface area contributed by atoms with E-state index in [4.69, 9.17) is 98.0 Å². The fraction of sp³-hybridized carbons (Fsp3) is 0.472. The molecule has 0 radical (unpaired) electrons. The van der Waals surface area contributed by atoms with Crippen molar-refractivity contribution in [3.8, 4) is 23.0 Å². The van der Waals surface area contributed by atoms with Gasteiger partial charge in [0.05, 0.1) is 107 Å². The smallest absolute Gasteiger partial charge is 0.335 e. The molecule has 14 rings (SSSR count). The minimum Gasteiger partial charge on any atom is -0.545 e. The monoisotopic (exact) mass is 1420 g/mol. The second-order valence-electron chi connectivity index (χ2n) is 26.1. The minimum atomic E-state index is -1.21. The van der Waals surface area contributed by atoms with Crippen molar-refractivity contribution in [1.29, 1.82) is 0 Å². The van der Waals surface area contributed by atoms with Crippen LogP contribution < -0.4 is 35.5 Å². The third kappa shape index (κ3) is 17.3. The number of ether oxygens (including phenoxy) is 6. The Bertz CT molecular complexity index is 3780. The average Bonchev–Trinajstić information content (AvgIpc) is 1.30. The van der Waals surface area contributed by atoms with E-state index in [2.05, 4.69) is 46.8 Å². The normalized spacial score (nSPS) is 20.5. The highest BCUT2D eigenvalue weighted by molar-refractivity contribution is 6.30. The number of likely N-dealkylation sites (tertiary alicyclic amines) is 2. The Balaban J connectivity index is 0.000000189. The second kappa shape index (κ2) is 33.0. The summed E-state index contributed by atoms with van der Waals surface area (Å²) in [6, 6.07) is 29.6. The molecule has 8 aromatic rings. The van der Waals surface area contributed by atoms with E-state index < -0.39 is 54.4 Å². The number of aliphatic hydroxyl groups excluding tert-OH is 6. The SMILES string of the molecule is C.C.CC1(c2ccc(Cl)cn2)Oc2cccc(C3CCN(Cc4nc5ccc(C(=O)O)cc5n4C[C@@H]4CCO4)CC3)c2O1.CC1(c2ccc(Cl)cn2)Oc2cccc(C3CCN(Cc4nc5ccc(C(=O)[O-])cc5n4C[C@@H]4CCO4)CC3)c2O1.NC(CO)(CO)CO.[NH3+]C(CO)(CO)CO. The maximum Gasteiger partial charge on any atom is 0.335 e. The van der Waals surface area contributed by atoms with Crippen LogP contribution in [0.5, 0.6) is 23.0 Å². The van der Waals surface area contributed by atoms with Gasteiger partial charge in [-0.05, 0) is 149 Å². The number of halogens is 2. The Hall–Kier alpha value is -7.64. The van der Waals surface area contributed by atoms with Crippen molar-refractivity contribution < 1.29 is 84.6 Å². The number of carbonyl (C=O) groups is 2. The number of benzene rings is 4. The second-order valence-corrected chi connectivity index (χ2v) is 27.0. The summed E-state index contributed by atoms with van der Waals surface area (Å²) in [5.74, 6) is 1.44. The number of nitrogens with two attached hydrogens (primary N) is 1. The van der Waals surface area contributed by atoms with Crippen LogP contribution in [0.2, 0.25) is 10.0 Å². The summed E-state index contributed by atoms with van der Waals surface area (Å²) in [4.78, 5) is 46.7. The van der Waals surface area contributed by atoms with E-state index in [1.54, 1.807) is 60.9 Å². The number of rotatable bonds is 20. The number of aromatic nitrogens is 6. The number of para-hydroxylation sites is 2. The van der Waals surface area contributed by atoms with E-state index in [9.17, 15) is 19.8 Å². The molecule has 0 bridgehead atoms. The van der Waals surface area contributed by atoms with Gasteiger partial charge in [0, 0.05) is 50.6 Å². The van der Waals surface area contributed by atoms with Crippen molar-refractivity contribution >= 4 is 57.2 Å². The standard InChI is InChI=1S/2C31H31ClN4O5.2C4H11NO3.2CH4/c2*1-31(27-8-6-21(32)16-33-27)40-26-4-2-3-23(29(26)41-31)19-9-12-35(13-10-19)18-28-34-24-7-5-20(30(37)38)15-25(24)36(28)17-22-11-14-39-22;2*5-4(1-6,2-7)3-8;;/h2*2-8,15-16,19,22H,9-14,17-18H2,1H3,(H,37,38);2*6-8H,1-3,5H2;2*1H4/t2*22-,31?;;;;/m00..../s1. The molecule has 4 atom stereocenters. The topological polar surface area (TPSA) is 376 Å². The summed E-state index contributed by atoms with van der Waals surface area (Å²) in [7, 11) is 0. The number of hydrogen-bond donors (Lipinski definition) is 9. The molecule has 10 heterocycles. The molecule has 0 saturated carbocycles. The fourth-order valence-corrected chi connectivity index (χ4v) is 12.7. The van der Waals surface area contributed by atoms with E-state index >= 15 is 0 Å². The molecule has 6 aliphatic rings. The average molecular weight is 1420 g/mol. The zero-order valence-electron chi connectivity index (χ0n) is 54.7. The van der Waals surface area contributed by atoms with Gasteiger partial charge in [0.15, 0.2) is 28.5 Å². The van der Waals surface area contributed by atoms with Crippen molar-refractivity contribution in [1.82, 2.24) is 38.9 Å². The van der Waals surface area contributed by atoms with Crippen LogP contribution >= 0.6 is 23.2 Å². The van der Waals surface area contributed by atoms with Gasteiger partial charge in [-0.3, -0.25) is 19.8 Å². The third-order valence-corrected chi connectivity index (χ3v) is 19.3. The van der Waals surface area contributed by atoms with Crippen molar-refractivity contribution in [2.75, 3.05) is 79.0 Å². The van der Waals surface area contributed by atoms with Gasteiger partial charge in [-0.2, -0.15) is 0 Å². The largest absolute Gasteiger partial charge is 0.545 e.